The van der Waals surface area contributed by atoms with Crippen molar-refractivity contribution in [3.05, 3.63) is 47.4 Å². The monoisotopic (exact) mass is 457 g/mol. The van der Waals surface area contributed by atoms with Gasteiger partial charge in [0, 0.05) is 43.7 Å². The Bertz CT molecular complexity index is 1160. The first kappa shape index (κ1) is 22.5. The largest absolute Gasteiger partial charge is 0.396 e. The number of anilines is 1. The lowest BCUT2D eigenvalue weighted by Gasteiger charge is -2.43. The quantitative estimate of drug-likeness (QED) is 0.682. The van der Waals surface area contributed by atoms with Crippen LogP contribution in [0.4, 0.5) is 5.82 Å². The summed E-state index contributed by atoms with van der Waals surface area (Å²) >= 11 is 0. The third-order valence-electron chi connectivity index (χ3n) is 7.34. The Morgan fingerprint density at radius 2 is 2.12 bits per heavy atom. The molecule has 5 rings (SSSR count). The topological polar surface area (TPSA) is 93.4 Å². The molecule has 2 aromatic heterocycles. The number of nitrogens with zero attached hydrogens (tertiary/aromatic N) is 5. The lowest BCUT2D eigenvalue weighted by Crippen LogP contribution is -2.56. The molecule has 2 aromatic rings. The highest BCUT2D eigenvalue weighted by molar-refractivity contribution is 5.79. The number of amides is 1. The van der Waals surface area contributed by atoms with E-state index in [4.69, 9.17) is 4.98 Å². The van der Waals surface area contributed by atoms with E-state index in [0.717, 1.165) is 59.6 Å². The van der Waals surface area contributed by atoms with Crippen molar-refractivity contribution in [3.8, 4) is 17.2 Å². The number of aliphatic hydroxyl groups excluding tert-OH is 1. The van der Waals surface area contributed by atoms with E-state index >= 15 is 0 Å². The molecule has 2 saturated carbocycles. The van der Waals surface area contributed by atoms with Gasteiger partial charge in [0.05, 0.1) is 29.6 Å². The van der Waals surface area contributed by atoms with Gasteiger partial charge in [0.1, 0.15) is 11.9 Å². The van der Waals surface area contributed by atoms with Gasteiger partial charge in [-0.25, -0.2) is 4.98 Å². The number of carbonyl (C=O) groups is 1. The molecule has 3 heterocycles. The molecule has 0 bridgehead atoms. The van der Waals surface area contributed by atoms with Crippen LogP contribution in [0.3, 0.4) is 0 Å². The molecular weight excluding hydrogens is 426 g/mol. The van der Waals surface area contributed by atoms with Gasteiger partial charge in [0.15, 0.2) is 0 Å². The summed E-state index contributed by atoms with van der Waals surface area (Å²) in [5.41, 5.74) is 5.50. The maximum absolute atomic E-state index is 12.6. The lowest BCUT2D eigenvalue weighted by atomic mass is 9.93. The fraction of sp³-hybridized carbons (Fsp3) is 0.481. The average molecular weight is 458 g/mol. The van der Waals surface area contributed by atoms with Gasteiger partial charge >= 0.3 is 0 Å². The number of aliphatic hydroxyl groups is 1. The number of piperazine rings is 1. The summed E-state index contributed by atoms with van der Waals surface area (Å²) in [5.74, 6) is 1.68. The molecule has 0 radical (unpaired) electrons. The zero-order valence-corrected chi connectivity index (χ0v) is 19.7. The zero-order chi connectivity index (χ0) is 23.8. The highest BCUT2D eigenvalue weighted by Crippen LogP contribution is 2.47. The standard InChI is InChI=1S/C27H31N5O2/c1-3-21-14-20(8-10-29-21)25-17(2)22(15-28)27(30-26(25)19-6-7-19)31-11-12-32(24(34)9-13-33)23(16-31)18-4-5-18/h3,8,10,14,18-19,23,33H,1,4-7,9,11-13,16H2,2H3/t23-/m0/s1. The maximum atomic E-state index is 12.6. The third kappa shape index (κ3) is 4.19. The molecule has 0 spiro atoms. The van der Waals surface area contributed by atoms with Gasteiger partial charge in [-0.05, 0) is 67.9 Å². The molecule has 1 saturated heterocycles. The molecule has 176 valence electrons. The number of aromatic nitrogens is 2. The third-order valence-corrected chi connectivity index (χ3v) is 7.34. The van der Waals surface area contributed by atoms with Crippen LogP contribution in [0.2, 0.25) is 0 Å². The van der Waals surface area contributed by atoms with Crippen LogP contribution in [-0.4, -0.2) is 58.2 Å². The SMILES string of the molecule is C=Cc1cc(-c2c(C3CC3)nc(N3CCN(C(=O)CCO)[C@H](C4CC4)C3)c(C#N)c2C)ccn1. The van der Waals surface area contributed by atoms with E-state index in [2.05, 4.69) is 22.5 Å². The molecule has 34 heavy (non-hydrogen) atoms. The molecule has 3 aliphatic rings. The number of nitriles is 1. The van der Waals surface area contributed by atoms with Gasteiger partial charge in [0.25, 0.3) is 0 Å². The van der Waals surface area contributed by atoms with E-state index in [1.807, 2.05) is 24.0 Å². The van der Waals surface area contributed by atoms with E-state index in [0.29, 0.717) is 37.0 Å². The van der Waals surface area contributed by atoms with Crippen molar-refractivity contribution in [1.29, 1.82) is 5.26 Å². The minimum absolute atomic E-state index is 0.0217. The van der Waals surface area contributed by atoms with Crippen molar-refractivity contribution in [2.24, 2.45) is 5.92 Å². The maximum Gasteiger partial charge on any atom is 0.225 e. The summed E-state index contributed by atoms with van der Waals surface area (Å²) in [6, 6.07) is 6.56. The van der Waals surface area contributed by atoms with Crippen molar-refractivity contribution in [3.63, 3.8) is 0 Å². The fourth-order valence-electron chi connectivity index (χ4n) is 5.24. The molecule has 0 unspecified atom stereocenters. The molecule has 7 heteroatoms. The Labute approximate surface area is 200 Å². The highest BCUT2D eigenvalue weighted by atomic mass is 16.3. The van der Waals surface area contributed by atoms with Crippen LogP contribution in [0, 0.1) is 24.2 Å². The first-order chi connectivity index (χ1) is 16.5. The highest BCUT2D eigenvalue weighted by Gasteiger charge is 2.42. The van der Waals surface area contributed by atoms with Crippen LogP contribution in [0.15, 0.2) is 24.9 Å². The normalized spacial score (nSPS) is 20.2. The zero-order valence-electron chi connectivity index (χ0n) is 19.7. The number of hydrogen-bond acceptors (Lipinski definition) is 6. The van der Waals surface area contributed by atoms with Crippen molar-refractivity contribution >= 4 is 17.8 Å². The van der Waals surface area contributed by atoms with Gasteiger partial charge in [-0.1, -0.05) is 6.58 Å². The number of carbonyl (C=O) groups excluding carboxylic acids is 1. The Hall–Kier alpha value is -3.24. The summed E-state index contributed by atoms with van der Waals surface area (Å²) in [4.78, 5) is 26.3. The van der Waals surface area contributed by atoms with E-state index in [9.17, 15) is 15.2 Å². The van der Waals surface area contributed by atoms with Crippen molar-refractivity contribution in [2.75, 3.05) is 31.1 Å². The predicted octanol–water partition coefficient (Wildman–Crippen LogP) is 3.65. The van der Waals surface area contributed by atoms with Gasteiger partial charge in [-0.15, -0.1) is 0 Å². The lowest BCUT2D eigenvalue weighted by molar-refractivity contribution is -0.135. The molecule has 1 N–H and O–H groups in total. The van der Waals surface area contributed by atoms with Gasteiger partial charge in [0.2, 0.25) is 5.91 Å². The van der Waals surface area contributed by atoms with Crippen LogP contribution in [-0.2, 0) is 4.79 Å². The Balaban J connectivity index is 1.54. The number of rotatable bonds is 7. The average Bonchev–Trinajstić information content (AvgIpc) is 3.77. The Kier molecular flexibility index (Phi) is 6.09. The summed E-state index contributed by atoms with van der Waals surface area (Å²) in [5, 5.41) is 19.5. The number of pyridine rings is 2. The number of hydrogen-bond donors (Lipinski definition) is 1. The van der Waals surface area contributed by atoms with Crippen LogP contribution >= 0.6 is 0 Å². The van der Waals surface area contributed by atoms with Gasteiger partial charge < -0.3 is 14.9 Å². The minimum atomic E-state index is -0.120. The van der Waals surface area contributed by atoms with E-state index < -0.39 is 0 Å². The summed E-state index contributed by atoms with van der Waals surface area (Å²) in [6.45, 7) is 7.67. The first-order valence-electron chi connectivity index (χ1n) is 12.2. The van der Waals surface area contributed by atoms with Crippen LogP contribution < -0.4 is 4.90 Å². The van der Waals surface area contributed by atoms with E-state index in [1.165, 1.54) is 0 Å². The summed E-state index contributed by atoms with van der Waals surface area (Å²) in [7, 11) is 0. The molecular formula is C27H31N5O2. The van der Waals surface area contributed by atoms with E-state index in [1.54, 1.807) is 12.3 Å². The van der Waals surface area contributed by atoms with Gasteiger partial charge in [-0.2, -0.15) is 5.26 Å². The predicted molar refractivity (Wildman–Crippen MR) is 131 cm³/mol. The summed E-state index contributed by atoms with van der Waals surface area (Å²) in [6.07, 6.45) is 8.15. The minimum Gasteiger partial charge on any atom is -0.396 e. The molecule has 2 aliphatic carbocycles. The molecule has 7 nitrogen and oxygen atoms in total. The molecule has 3 fully saturated rings. The second-order valence-electron chi connectivity index (χ2n) is 9.67. The molecule has 1 amide bonds. The Morgan fingerprint density at radius 3 is 2.76 bits per heavy atom. The first-order valence-corrected chi connectivity index (χ1v) is 12.2. The second kappa shape index (κ2) is 9.19. The molecule has 1 aliphatic heterocycles. The summed E-state index contributed by atoms with van der Waals surface area (Å²) < 4.78 is 0. The van der Waals surface area contributed by atoms with E-state index in [-0.39, 0.29) is 25.0 Å². The van der Waals surface area contributed by atoms with Crippen LogP contribution in [0.1, 0.15) is 60.5 Å². The van der Waals surface area contributed by atoms with Gasteiger partial charge in [-0.3, -0.25) is 9.78 Å². The van der Waals surface area contributed by atoms with Crippen LogP contribution in [0.25, 0.3) is 17.2 Å². The van der Waals surface area contributed by atoms with Crippen molar-refractivity contribution in [1.82, 2.24) is 14.9 Å². The Morgan fingerprint density at radius 1 is 1.32 bits per heavy atom. The second-order valence-corrected chi connectivity index (χ2v) is 9.67. The smallest absolute Gasteiger partial charge is 0.225 e. The van der Waals surface area contributed by atoms with Crippen molar-refractivity contribution in [2.45, 2.75) is 51.0 Å². The molecule has 1 atom stereocenters. The van der Waals surface area contributed by atoms with Crippen molar-refractivity contribution < 1.29 is 9.90 Å². The molecule has 0 aromatic carbocycles. The van der Waals surface area contributed by atoms with Crippen LogP contribution in [0.5, 0.6) is 0 Å². The fourth-order valence-corrected chi connectivity index (χ4v) is 5.24.